The molecule has 1 nitrogen and oxygen atoms in total. The highest BCUT2D eigenvalue weighted by Gasteiger charge is 2.25. The predicted octanol–water partition coefficient (Wildman–Crippen LogP) is 22.9. The van der Waals surface area contributed by atoms with Gasteiger partial charge in [-0.05, 0) is 194 Å². The van der Waals surface area contributed by atoms with Crippen molar-refractivity contribution in [1.82, 2.24) is 4.57 Å². The summed E-state index contributed by atoms with van der Waals surface area (Å²) in [6, 6.07) is 83.6. The molecule has 1 aromatic heterocycles. The second kappa shape index (κ2) is 20.5. The van der Waals surface area contributed by atoms with Gasteiger partial charge in [0.1, 0.15) is 0 Å². The zero-order chi connectivity index (χ0) is 57.4. The summed E-state index contributed by atoms with van der Waals surface area (Å²) >= 11 is 0. The predicted molar refractivity (Wildman–Crippen MR) is 352 cm³/mol. The molecule has 0 aliphatic heterocycles. The lowest BCUT2D eigenvalue weighted by molar-refractivity contribution is 0.590. The minimum absolute atomic E-state index is 0.0145. The third-order valence-electron chi connectivity index (χ3n) is 16.7. The molecular formula is C80H81N. The molecule has 1 heterocycles. The van der Waals surface area contributed by atoms with E-state index in [1.165, 1.54) is 128 Å². The maximum atomic E-state index is 2.53. The molecule has 10 aromatic carbocycles. The molecule has 0 radical (unpaired) electrons. The zero-order valence-electron chi connectivity index (χ0n) is 50.7. The quantitative estimate of drug-likeness (QED) is 0.143. The smallest absolute Gasteiger partial charge is 0.0541 e. The second-order valence-electron chi connectivity index (χ2n) is 28.0. The van der Waals surface area contributed by atoms with E-state index >= 15 is 0 Å². The molecular weight excluding hydrogens is 975 g/mol. The van der Waals surface area contributed by atoms with Crippen molar-refractivity contribution < 1.29 is 0 Å². The fourth-order valence-corrected chi connectivity index (χ4v) is 11.8. The van der Waals surface area contributed by atoms with Gasteiger partial charge >= 0.3 is 0 Å². The maximum Gasteiger partial charge on any atom is 0.0541 e. The van der Waals surface area contributed by atoms with E-state index in [1.54, 1.807) is 0 Å². The van der Waals surface area contributed by atoms with Crippen molar-refractivity contribution in [3.8, 4) is 83.6 Å². The van der Waals surface area contributed by atoms with Crippen LogP contribution in [0.2, 0.25) is 0 Å². The first kappa shape index (κ1) is 54.9. The van der Waals surface area contributed by atoms with Gasteiger partial charge in [0.2, 0.25) is 0 Å². The average Bonchev–Trinajstić information content (AvgIpc) is 3.82. The first-order chi connectivity index (χ1) is 38.3. The lowest BCUT2D eigenvalue weighted by Gasteiger charge is -2.24. The molecule has 0 saturated carbocycles. The second-order valence-corrected chi connectivity index (χ2v) is 28.0. The molecule has 0 unspecified atom stereocenters. The van der Waals surface area contributed by atoms with Crippen LogP contribution < -0.4 is 0 Å². The van der Waals surface area contributed by atoms with E-state index in [4.69, 9.17) is 0 Å². The summed E-state index contributed by atoms with van der Waals surface area (Å²) in [5, 5.41) is 2.43. The Kier molecular flexibility index (Phi) is 13.9. The molecule has 1 heteroatoms. The summed E-state index contributed by atoms with van der Waals surface area (Å²) in [6.45, 7) is 34.6. The van der Waals surface area contributed by atoms with Gasteiger partial charge in [0.05, 0.1) is 16.7 Å². The van der Waals surface area contributed by atoms with E-state index in [0.29, 0.717) is 0 Å². The first-order valence-electron chi connectivity index (χ1n) is 29.3. The molecule has 0 amide bonds. The zero-order valence-corrected chi connectivity index (χ0v) is 50.7. The minimum Gasteiger partial charge on any atom is -0.309 e. The van der Waals surface area contributed by atoms with Gasteiger partial charge < -0.3 is 4.57 Å². The average molecular weight is 1060 g/mol. The van der Waals surface area contributed by atoms with E-state index in [-0.39, 0.29) is 27.1 Å². The van der Waals surface area contributed by atoms with E-state index in [0.717, 1.165) is 5.69 Å². The molecule has 0 spiro atoms. The van der Waals surface area contributed by atoms with Crippen LogP contribution in [0.4, 0.5) is 0 Å². The molecule has 406 valence electrons. The number of fused-ring (bicyclic) bond motifs is 3. The first-order valence-corrected chi connectivity index (χ1v) is 29.3. The van der Waals surface area contributed by atoms with Crippen molar-refractivity contribution in [1.29, 1.82) is 0 Å². The number of benzene rings is 10. The van der Waals surface area contributed by atoms with Crippen LogP contribution in [0.1, 0.15) is 132 Å². The highest BCUT2D eigenvalue weighted by atomic mass is 15.0. The van der Waals surface area contributed by atoms with Gasteiger partial charge in [0.15, 0.2) is 0 Å². The Morgan fingerprint density at radius 2 is 0.519 bits per heavy atom. The molecule has 0 N–H and O–H groups in total. The van der Waals surface area contributed by atoms with Crippen molar-refractivity contribution in [2.75, 3.05) is 0 Å². The van der Waals surface area contributed by atoms with Gasteiger partial charge in [0, 0.05) is 16.3 Å². The summed E-state index contributed by atoms with van der Waals surface area (Å²) in [7, 11) is 0. The Morgan fingerprint density at radius 3 is 0.840 bits per heavy atom. The van der Waals surface area contributed by atoms with Crippen LogP contribution in [0.3, 0.4) is 0 Å². The Balaban J connectivity index is 1.18. The standard InChI is InChI=1S/C80H81N/c1-76(2,3)64-28-20-24-52(46-64)58-40-59(53-25-21-29-65(47-53)77(4,5)6)43-62(42-58)56-36-38-74-70(50-56)71-51-57(37-39-75(71)81(74)73-35-19-17-33-69(73)68-32-16-18-34-72(68)80(13,14)15)63-44-60(54-26-22-30-66(48-54)78(7,8)9)41-61(45-63)55-27-23-31-67(49-55)79(10,11)12/h16-51H,1-15H3. The van der Waals surface area contributed by atoms with Gasteiger partial charge in [-0.25, -0.2) is 0 Å². The Bertz CT molecular complexity index is 3800. The van der Waals surface area contributed by atoms with Crippen molar-refractivity contribution in [3.63, 3.8) is 0 Å². The molecule has 0 aliphatic rings. The van der Waals surface area contributed by atoms with E-state index in [1.807, 2.05) is 0 Å². The third-order valence-corrected chi connectivity index (χ3v) is 16.7. The normalized spacial score (nSPS) is 12.6. The number of para-hydroxylation sites is 1. The van der Waals surface area contributed by atoms with Gasteiger partial charge in [0.25, 0.3) is 0 Å². The largest absolute Gasteiger partial charge is 0.309 e. The number of hydrogen-bond donors (Lipinski definition) is 0. The van der Waals surface area contributed by atoms with Crippen LogP contribution in [0.5, 0.6) is 0 Å². The van der Waals surface area contributed by atoms with E-state index < -0.39 is 0 Å². The summed E-state index contributed by atoms with van der Waals surface area (Å²) < 4.78 is 2.53. The number of nitrogens with zero attached hydrogens (tertiary/aromatic N) is 1. The van der Waals surface area contributed by atoms with Crippen molar-refractivity contribution in [3.05, 3.63) is 246 Å². The topological polar surface area (TPSA) is 4.93 Å². The highest BCUT2D eigenvalue weighted by Crippen LogP contribution is 2.45. The van der Waals surface area contributed by atoms with Crippen LogP contribution in [0.15, 0.2) is 218 Å². The Hall–Kier alpha value is -8.00. The molecule has 0 atom stereocenters. The molecule has 11 aromatic rings. The third kappa shape index (κ3) is 11.1. The lowest BCUT2D eigenvalue weighted by Crippen LogP contribution is -2.13. The van der Waals surface area contributed by atoms with E-state index in [2.05, 4.69) is 327 Å². The molecule has 0 fully saturated rings. The Labute approximate surface area is 484 Å². The van der Waals surface area contributed by atoms with Crippen molar-refractivity contribution in [2.45, 2.75) is 131 Å². The molecule has 81 heavy (non-hydrogen) atoms. The van der Waals surface area contributed by atoms with Crippen LogP contribution in [0, 0.1) is 0 Å². The summed E-state index contributed by atoms with van der Waals surface area (Å²) in [6.07, 6.45) is 0. The SMILES string of the molecule is CC(C)(C)c1cccc(-c2cc(-c3cccc(C(C)(C)C)c3)cc(-c3ccc4c(c3)c3cc(-c5cc(-c6cccc(C(C)(C)C)c6)cc(-c6cccc(C(C)(C)C)c6)c5)ccc3n4-c3ccccc3-c3ccccc3C(C)(C)C)c2)c1. The molecule has 0 aliphatic carbocycles. The number of rotatable bonds is 8. The van der Waals surface area contributed by atoms with Gasteiger partial charge in [-0.2, -0.15) is 0 Å². The fourth-order valence-electron chi connectivity index (χ4n) is 11.8. The molecule has 0 bridgehead atoms. The summed E-state index contributed by atoms with van der Waals surface area (Å²) in [4.78, 5) is 0. The van der Waals surface area contributed by atoms with Gasteiger partial charge in [-0.3, -0.25) is 0 Å². The molecule has 0 saturated heterocycles. The van der Waals surface area contributed by atoms with Gasteiger partial charge in [-0.15, -0.1) is 0 Å². The van der Waals surface area contributed by atoms with Crippen LogP contribution in [-0.4, -0.2) is 4.57 Å². The number of hydrogen-bond acceptors (Lipinski definition) is 0. The van der Waals surface area contributed by atoms with E-state index in [9.17, 15) is 0 Å². The summed E-state index contributed by atoms with van der Waals surface area (Å²) in [5.41, 5.74) is 27.1. The highest BCUT2D eigenvalue weighted by molar-refractivity contribution is 6.12. The monoisotopic (exact) mass is 1060 g/mol. The van der Waals surface area contributed by atoms with Crippen molar-refractivity contribution in [2.24, 2.45) is 0 Å². The van der Waals surface area contributed by atoms with Crippen LogP contribution in [0.25, 0.3) is 105 Å². The summed E-state index contributed by atoms with van der Waals surface area (Å²) in [5.74, 6) is 0. The van der Waals surface area contributed by atoms with Crippen LogP contribution >= 0.6 is 0 Å². The molecule has 11 rings (SSSR count). The van der Waals surface area contributed by atoms with Crippen molar-refractivity contribution >= 4 is 21.8 Å². The Morgan fingerprint density at radius 1 is 0.222 bits per heavy atom. The number of aromatic nitrogens is 1. The van der Waals surface area contributed by atoms with Gasteiger partial charge in [-0.1, -0.05) is 256 Å². The minimum atomic E-state index is -0.0562. The lowest BCUT2D eigenvalue weighted by atomic mass is 9.81. The fraction of sp³-hybridized carbons (Fsp3) is 0.250. The maximum absolute atomic E-state index is 2.53. The van der Waals surface area contributed by atoms with Crippen LogP contribution in [-0.2, 0) is 27.1 Å².